The van der Waals surface area contributed by atoms with Gasteiger partial charge in [0.25, 0.3) is 0 Å². The molecule has 670 valence electrons. The fourth-order valence-electron chi connectivity index (χ4n) is 12.8. The first-order valence-corrected chi connectivity index (χ1v) is 41.4. The number of Topliss-reactive ketones (excluding diaryl/α,β-unsaturated/α-hetero) is 2. The lowest BCUT2D eigenvalue weighted by molar-refractivity contribution is -0.270. The Kier molecular flexibility index (Phi) is 53.4. The molecule has 0 radical (unpaired) electrons. The molecule has 0 saturated carbocycles. The van der Waals surface area contributed by atoms with Crippen molar-refractivity contribution in [1.29, 1.82) is 0 Å². The molecule has 38 heteroatoms. The molecule has 0 aromatic rings. The summed E-state index contributed by atoms with van der Waals surface area (Å²) in [4.78, 5) is 139. The highest BCUT2D eigenvalue weighted by atomic mass is 16.7. The van der Waals surface area contributed by atoms with Gasteiger partial charge in [-0.25, -0.2) is 0 Å². The van der Waals surface area contributed by atoms with Crippen LogP contribution in [0.3, 0.4) is 0 Å². The quantitative estimate of drug-likeness (QED) is 0.0241. The molecule has 116 heavy (non-hydrogen) atoms. The maximum atomic E-state index is 14.0. The summed E-state index contributed by atoms with van der Waals surface area (Å²) in [5, 5.41) is 116. The topological polar surface area (TPSA) is 561 Å². The normalized spacial score (nSPS) is 23.9. The zero-order chi connectivity index (χ0) is 85.9. The first-order chi connectivity index (χ1) is 55.3. The molecule has 3 aliphatic heterocycles. The van der Waals surface area contributed by atoms with Crippen LogP contribution in [0, 0.1) is 5.41 Å². The van der Waals surface area contributed by atoms with Gasteiger partial charge in [0.05, 0.1) is 52.9 Å². The third-order valence-corrected chi connectivity index (χ3v) is 19.6. The summed E-state index contributed by atoms with van der Waals surface area (Å²) in [6.07, 6.45) is -2.91. The summed E-state index contributed by atoms with van der Waals surface area (Å²) in [5.74, 6) is -3.14. The second-order valence-electron chi connectivity index (χ2n) is 30.8. The fraction of sp³-hybridized carbons (Fsp3) is 0.859. The van der Waals surface area contributed by atoms with Crippen molar-refractivity contribution in [2.75, 3.05) is 105 Å². The summed E-state index contributed by atoms with van der Waals surface area (Å²) < 4.78 is 52.5. The number of ether oxygens (including phenoxy) is 9. The minimum atomic E-state index is -1.68. The molecule has 0 aliphatic carbocycles. The van der Waals surface area contributed by atoms with Crippen LogP contribution in [0.15, 0.2) is 0 Å². The van der Waals surface area contributed by atoms with Crippen molar-refractivity contribution >= 4 is 64.7 Å². The van der Waals surface area contributed by atoms with Gasteiger partial charge in [0.15, 0.2) is 24.6 Å². The van der Waals surface area contributed by atoms with Crippen molar-refractivity contribution in [2.45, 2.75) is 319 Å². The average molecular weight is 1670 g/mol. The molecule has 3 heterocycles. The van der Waals surface area contributed by atoms with Crippen molar-refractivity contribution < 1.29 is 141 Å². The van der Waals surface area contributed by atoms with Crippen LogP contribution in [0.1, 0.15) is 221 Å². The third-order valence-electron chi connectivity index (χ3n) is 19.6. The number of rotatable bonds is 64. The minimum Gasteiger partial charge on any atom is -0.394 e. The maximum Gasteiger partial charge on any atom is 0.222 e. The predicted molar refractivity (Wildman–Crippen MR) is 416 cm³/mol. The maximum absolute atomic E-state index is 14.0. The highest BCUT2D eigenvalue weighted by molar-refractivity contribution is 5.83. The van der Waals surface area contributed by atoms with Crippen molar-refractivity contribution in [3.8, 4) is 0 Å². The van der Waals surface area contributed by atoms with Crippen LogP contribution in [0.25, 0.3) is 0 Å². The van der Waals surface area contributed by atoms with Crippen LogP contribution in [0.4, 0.5) is 0 Å². The van der Waals surface area contributed by atoms with Crippen molar-refractivity contribution in [1.82, 2.24) is 47.9 Å². The van der Waals surface area contributed by atoms with Gasteiger partial charge >= 0.3 is 0 Å². The molecule has 18 N–H and O–H groups in total. The van der Waals surface area contributed by atoms with E-state index in [1.807, 2.05) is 20.8 Å². The molecule has 3 rings (SSSR count). The van der Waals surface area contributed by atoms with Gasteiger partial charge in [-0.15, -0.1) is 0 Å². The minimum absolute atomic E-state index is 0.000578. The van der Waals surface area contributed by atoms with E-state index < -0.39 is 135 Å². The average Bonchev–Trinajstić information content (AvgIpc) is 0.803. The van der Waals surface area contributed by atoms with E-state index in [4.69, 9.17) is 42.6 Å². The van der Waals surface area contributed by atoms with E-state index in [0.29, 0.717) is 77.0 Å². The molecule has 3 fully saturated rings. The van der Waals surface area contributed by atoms with Gasteiger partial charge in [-0.1, -0.05) is 59.3 Å². The molecule has 3 saturated heterocycles. The Morgan fingerprint density at radius 1 is 0.328 bits per heavy atom. The van der Waals surface area contributed by atoms with E-state index in [1.54, 1.807) is 0 Å². The number of carbonyl (C=O) groups is 11. The molecule has 0 bridgehead atoms. The molecule has 0 aromatic heterocycles. The van der Waals surface area contributed by atoms with E-state index in [-0.39, 0.29) is 196 Å². The van der Waals surface area contributed by atoms with Gasteiger partial charge in [0, 0.05) is 137 Å². The van der Waals surface area contributed by atoms with Crippen molar-refractivity contribution in [3.05, 3.63) is 0 Å². The Morgan fingerprint density at radius 3 is 0.983 bits per heavy atom. The van der Waals surface area contributed by atoms with Gasteiger partial charge in [-0.2, -0.15) is 0 Å². The zero-order valence-electron chi connectivity index (χ0n) is 69.0. The highest BCUT2D eigenvalue weighted by Gasteiger charge is 2.48. The number of nitrogens with one attached hydrogen (secondary N) is 9. The lowest BCUT2D eigenvalue weighted by Crippen LogP contribution is -2.64. The molecule has 7 unspecified atom stereocenters. The second-order valence-corrected chi connectivity index (χ2v) is 30.8. The number of hydrogen-bond donors (Lipinski definition) is 18. The van der Waals surface area contributed by atoms with E-state index in [1.165, 1.54) is 20.8 Å². The van der Waals surface area contributed by atoms with Crippen LogP contribution < -0.4 is 47.9 Å². The first kappa shape index (κ1) is 104. The Morgan fingerprint density at radius 2 is 0.629 bits per heavy atom. The van der Waals surface area contributed by atoms with Crippen LogP contribution in [0.2, 0.25) is 0 Å². The number of ketones is 2. The lowest BCUT2D eigenvalue weighted by atomic mass is 9.88. The largest absolute Gasteiger partial charge is 0.394 e. The van der Waals surface area contributed by atoms with Gasteiger partial charge in [0.2, 0.25) is 53.2 Å². The highest BCUT2D eigenvalue weighted by Crippen LogP contribution is 2.27. The summed E-state index contributed by atoms with van der Waals surface area (Å²) in [5.41, 5.74) is -2.04. The molecule has 3 aliphatic rings. The molecule has 0 spiro atoms. The van der Waals surface area contributed by atoms with Crippen LogP contribution in [-0.4, -0.2) is 314 Å². The Bertz CT molecular complexity index is 2620. The van der Waals surface area contributed by atoms with Gasteiger partial charge in [-0.05, 0) is 83.5 Å². The van der Waals surface area contributed by atoms with Gasteiger partial charge in [-0.3, -0.25) is 52.7 Å². The van der Waals surface area contributed by atoms with Crippen LogP contribution >= 0.6 is 0 Å². The molecule has 9 amide bonds. The molecular weight excluding hydrogens is 1530 g/mol. The number of unbranched alkanes of at least 4 members (excludes halogenated alkanes) is 11. The van der Waals surface area contributed by atoms with Crippen LogP contribution in [0.5, 0.6) is 0 Å². The molecule has 16 atom stereocenters. The van der Waals surface area contributed by atoms with E-state index >= 15 is 0 Å². The first-order valence-electron chi connectivity index (χ1n) is 41.4. The lowest BCUT2D eigenvalue weighted by Gasteiger charge is -2.42. The van der Waals surface area contributed by atoms with Gasteiger partial charge < -0.3 is 136 Å². The van der Waals surface area contributed by atoms with E-state index in [9.17, 15) is 98.7 Å². The summed E-state index contributed by atoms with van der Waals surface area (Å²) in [6.45, 7) is 8.19. The number of aliphatic hydroxyl groups is 9. The van der Waals surface area contributed by atoms with Gasteiger partial charge in [0.1, 0.15) is 84.6 Å². The number of carbonyl (C=O) groups excluding carboxylic acids is 11. The monoisotopic (exact) mass is 1670 g/mol. The second kappa shape index (κ2) is 59.5. The smallest absolute Gasteiger partial charge is 0.222 e. The number of hydrogen-bond acceptors (Lipinski definition) is 29. The summed E-state index contributed by atoms with van der Waals surface area (Å²) in [6, 6.07) is -3.27. The van der Waals surface area contributed by atoms with E-state index in [2.05, 4.69) is 47.9 Å². The Hall–Kier alpha value is -6.15. The van der Waals surface area contributed by atoms with Crippen molar-refractivity contribution in [3.63, 3.8) is 0 Å². The summed E-state index contributed by atoms with van der Waals surface area (Å²) in [7, 11) is 0. The third kappa shape index (κ3) is 43.7. The molecular formula is C78H139N9O29. The SMILES string of the molecule is CC(=O)NC1[C@H](OCCCCC(=O)CCCCNC(=O)CCOCC(COCCC(=O)NCCCNC(=O)CCCCO[C@@H]2OC(CO)[C@@H](O)C(O)[C@@H]2NC(C)=O)(NC(=O)CCCCCCCCCCC(=O)C(C)(C)C)OCCCC(=O)NCCCNC(=O)CCCCO[C@@H]2OC(CO)[C@@H](O)C(O)[C@@H]2NC(C)=O)OC(CO)[C@@H](O)[C@@H]1O. The zero-order valence-corrected chi connectivity index (χ0v) is 69.0. The molecule has 38 nitrogen and oxygen atoms in total. The number of amides is 9. The Labute approximate surface area is 681 Å². The fourth-order valence-corrected chi connectivity index (χ4v) is 12.8. The van der Waals surface area contributed by atoms with Crippen LogP contribution in [-0.2, 0) is 95.4 Å². The number of aliphatic hydroxyl groups excluding tert-OH is 9. The Balaban J connectivity index is 1.57. The standard InChI is InChI=1S/C78H139N9O29/c1-51(91)84-65-71(105)68(102)55(46-88)114-74(65)110-40-20-16-27-54(94)26-15-19-35-79-62(99)33-44-108-49-78(87-64(101)31-14-12-10-8-7-9-11-13-28-58(95)77(4,5)6,50-109-45-34-63(100)83-39-25-37-81-60(97)30-18-22-42-112-76-67(86-53(3)93)73(107)70(104)57(48-90)116-76)113-43-23-32-61(98)82-38-24-36-80-59(96)29-17-21-41-111-75-66(85-52(2)92)72(106)69(103)56(47-89)115-75/h55-57,65-76,88-90,102-107H,7-50H2,1-6H3,(H,79,99)(H,80,96)(H,81,97)(H,82,98)(H,83,100)(H,84,91)(H,85,92)(H,86,93)(H,87,101)/t55?,56?,57?,65?,66-,67-,68+,69+,70+,71+,72?,73?,74+,75+,76+,78?/m0/s1. The summed E-state index contributed by atoms with van der Waals surface area (Å²) >= 11 is 0. The predicted octanol–water partition coefficient (Wildman–Crippen LogP) is -1.58. The molecule has 0 aromatic carbocycles. The van der Waals surface area contributed by atoms with Crippen molar-refractivity contribution in [2.24, 2.45) is 5.41 Å². The van der Waals surface area contributed by atoms with E-state index in [0.717, 1.165) is 44.9 Å².